The molecule has 1 unspecified atom stereocenters. The lowest BCUT2D eigenvalue weighted by Gasteiger charge is -2.13. The standard InChI is InChI=1S/C12H12Cl2N2O/c1-2-9(5-6-15)16-12(17)8-3-4-10(13)11(14)7-8/h3-4,7,9H,2,5H2,1H3,(H,16,17). The number of carbonyl (C=O) groups is 1. The van der Waals surface area contributed by atoms with Gasteiger partial charge < -0.3 is 5.32 Å². The highest BCUT2D eigenvalue weighted by Crippen LogP contribution is 2.22. The molecule has 0 fully saturated rings. The third-order valence-corrected chi connectivity index (χ3v) is 3.09. The van der Waals surface area contributed by atoms with Crippen molar-refractivity contribution in [2.75, 3.05) is 0 Å². The van der Waals surface area contributed by atoms with Gasteiger partial charge in [-0.15, -0.1) is 0 Å². The quantitative estimate of drug-likeness (QED) is 0.912. The Morgan fingerprint density at radius 1 is 1.47 bits per heavy atom. The number of halogens is 2. The maximum atomic E-state index is 11.8. The molecule has 3 nitrogen and oxygen atoms in total. The van der Waals surface area contributed by atoms with Crippen molar-refractivity contribution in [1.82, 2.24) is 5.32 Å². The molecule has 5 heteroatoms. The Hall–Kier alpha value is -1.24. The lowest BCUT2D eigenvalue weighted by molar-refractivity contribution is 0.0936. The van der Waals surface area contributed by atoms with Crippen LogP contribution in [0.2, 0.25) is 10.0 Å². The lowest BCUT2D eigenvalue weighted by atomic mass is 10.1. The summed E-state index contributed by atoms with van der Waals surface area (Å²) in [5.74, 6) is -0.245. The zero-order valence-corrected chi connectivity index (χ0v) is 10.8. The number of nitrogens with zero attached hydrogens (tertiary/aromatic N) is 1. The average molecular weight is 271 g/mol. The van der Waals surface area contributed by atoms with Gasteiger partial charge in [-0.2, -0.15) is 5.26 Å². The molecule has 0 aliphatic rings. The van der Waals surface area contributed by atoms with Crippen LogP contribution in [0, 0.1) is 11.3 Å². The van der Waals surface area contributed by atoms with Crippen molar-refractivity contribution in [3.63, 3.8) is 0 Å². The molecule has 0 heterocycles. The largest absolute Gasteiger partial charge is 0.348 e. The minimum Gasteiger partial charge on any atom is -0.348 e. The van der Waals surface area contributed by atoms with Crippen LogP contribution < -0.4 is 5.32 Å². The van der Waals surface area contributed by atoms with Crippen LogP contribution in [-0.2, 0) is 0 Å². The van der Waals surface area contributed by atoms with E-state index in [9.17, 15) is 4.79 Å². The van der Waals surface area contributed by atoms with Crippen LogP contribution in [0.5, 0.6) is 0 Å². The molecular weight excluding hydrogens is 259 g/mol. The Bertz CT molecular complexity index is 454. The van der Waals surface area contributed by atoms with Gasteiger partial charge in [0.25, 0.3) is 5.91 Å². The molecule has 0 aromatic heterocycles. The summed E-state index contributed by atoms with van der Waals surface area (Å²) in [7, 11) is 0. The Labute approximate surface area is 110 Å². The summed E-state index contributed by atoms with van der Waals surface area (Å²) < 4.78 is 0. The second kappa shape index (κ2) is 6.48. The SMILES string of the molecule is CCC(CC#N)NC(=O)c1ccc(Cl)c(Cl)c1. The summed E-state index contributed by atoms with van der Waals surface area (Å²) in [6, 6.07) is 6.58. The molecule has 0 radical (unpaired) electrons. The van der Waals surface area contributed by atoms with Crippen LogP contribution in [0.4, 0.5) is 0 Å². The molecule has 1 aromatic rings. The van der Waals surface area contributed by atoms with Gasteiger partial charge in [-0.05, 0) is 24.6 Å². The molecule has 90 valence electrons. The summed E-state index contributed by atoms with van der Waals surface area (Å²) in [6.45, 7) is 1.91. The van der Waals surface area contributed by atoms with Gasteiger partial charge in [0.1, 0.15) is 0 Å². The molecule has 0 aliphatic heterocycles. The van der Waals surface area contributed by atoms with Crippen molar-refractivity contribution >= 4 is 29.1 Å². The summed E-state index contributed by atoms with van der Waals surface area (Å²) in [4.78, 5) is 11.8. The highest BCUT2D eigenvalue weighted by Gasteiger charge is 2.12. The van der Waals surface area contributed by atoms with Gasteiger partial charge in [-0.1, -0.05) is 30.1 Å². The number of carbonyl (C=O) groups excluding carboxylic acids is 1. The summed E-state index contributed by atoms with van der Waals surface area (Å²) in [6.07, 6.45) is 1.00. The average Bonchev–Trinajstić information content (AvgIpc) is 2.31. The molecule has 1 N–H and O–H groups in total. The van der Waals surface area contributed by atoms with Gasteiger partial charge >= 0.3 is 0 Å². The minimum atomic E-state index is -0.245. The first-order valence-electron chi connectivity index (χ1n) is 5.21. The van der Waals surface area contributed by atoms with Gasteiger partial charge in [0.15, 0.2) is 0 Å². The van der Waals surface area contributed by atoms with Crippen LogP contribution in [0.3, 0.4) is 0 Å². The molecule has 1 atom stereocenters. The second-order valence-electron chi connectivity index (χ2n) is 3.57. The molecule has 0 aliphatic carbocycles. The third kappa shape index (κ3) is 3.92. The summed E-state index contributed by atoms with van der Waals surface area (Å²) >= 11 is 11.6. The number of hydrogen-bond donors (Lipinski definition) is 1. The summed E-state index contributed by atoms with van der Waals surface area (Å²) in [5, 5.41) is 12.1. The molecule has 1 amide bonds. The summed E-state index contributed by atoms with van der Waals surface area (Å²) in [5.41, 5.74) is 0.441. The predicted molar refractivity (Wildman–Crippen MR) is 68.2 cm³/mol. The van der Waals surface area contributed by atoms with E-state index in [1.807, 2.05) is 13.0 Å². The van der Waals surface area contributed by atoms with Crippen LogP contribution in [0.25, 0.3) is 0 Å². The van der Waals surface area contributed by atoms with Gasteiger partial charge in [-0.25, -0.2) is 0 Å². The fraction of sp³-hybridized carbons (Fsp3) is 0.333. The van der Waals surface area contributed by atoms with Crippen molar-refractivity contribution in [2.45, 2.75) is 25.8 Å². The fourth-order valence-corrected chi connectivity index (χ4v) is 1.61. The number of amides is 1. The number of hydrogen-bond acceptors (Lipinski definition) is 2. The molecule has 0 bridgehead atoms. The van der Waals surface area contributed by atoms with Crippen LogP contribution in [0.15, 0.2) is 18.2 Å². The molecule has 0 spiro atoms. The fourth-order valence-electron chi connectivity index (χ4n) is 1.31. The first-order valence-corrected chi connectivity index (χ1v) is 5.97. The number of nitrogens with one attached hydrogen (secondary N) is 1. The van der Waals surface area contributed by atoms with Crippen LogP contribution >= 0.6 is 23.2 Å². The first-order chi connectivity index (χ1) is 8.08. The van der Waals surface area contributed by atoms with E-state index in [2.05, 4.69) is 5.32 Å². The number of benzene rings is 1. The molecule has 0 saturated carbocycles. The van der Waals surface area contributed by atoms with Crippen molar-refractivity contribution in [3.05, 3.63) is 33.8 Å². The highest BCUT2D eigenvalue weighted by molar-refractivity contribution is 6.42. The van der Waals surface area contributed by atoms with Gasteiger partial charge in [0.2, 0.25) is 0 Å². The van der Waals surface area contributed by atoms with E-state index in [1.54, 1.807) is 12.1 Å². The monoisotopic (exact) mass is 270 g/mol. The van der Waals surface area contributed by atoms with E-state index in [1.165, 1.54) is 6.07 Å². The zero-order chi connectivity index (χ0) is 12.8. The first kappa shape index (κ1) is 13.8. The van der Waals surface area contributed by atoms with Gasteiger partial charge in [0.05, 0.1) is 22.5 Å². The third-order valence-electron chi connectivity index (χ3n) is 2.35. The number of nitriles is 1. The second-order valence-corrected chi connectivity index (χ2v) is 4.38. The molecule has 1 rings (SSSR count). The Morgan fingerprint density at radius 2 is 2.18 bits per heavy atom. The predicted octanol–water partition coefficient (Wildman–Crippen LogP) is 3.42. The maximum Gasteiger partial charge on any atom is 0.251 e. The molecule has 17 heavy (non-hydrogen) atoms. The Morgan fingerprint density at radius 3 is 2.71 bits per heavy atom. The van der Waals surface area contributed by atoms with E-state index in [0.29, 0.717) is 28.5 Å². The van der Waals surface area contributed by atoms with Crippen LogP contribution in [-0.4, -0.2) is 11.9 Å². The van der Waals surface area contributed by atoms with E-state index in [0.717, 1.165) is 0 Å². The molecule has 0 saturated heterocycles. The topological polar surface area (TPSA) is 52.9 Å². The van der Waals surface area contributed by atoms with E-state index >= 15 is 0 Å². The van der Waals surface area contributed by atoms with E-state index in [-0.39, 0.29) is 11.9 Å². The zero-order valence-electron chi connectivity index (χ0n) is 9.34. The van der Waals surface area contributed by atoms with Gasteiger partial charge in [-0.3, -0.25) is 4.79 Å². The minimum absolute atomic E-state index is 0.137. The van der Waals surface area contributed by atoms with Gasteiger partial charge in [0, 0.05) is 11.6 Å². The Balaban J connectivity index is 2.76. The number of rotatable bonds is 4. The highest BCUT2D eigenvalue weighted by atomic mass is 35.5. The van der Waals surface area contributed by atoms with Crippen molar-refractivity contribution in [1.29, 1.82) is 5.26 Å². The maximum absolute atomic E-state index is 11.8. The lowest BCUT2D eigenvalue weighted by Crippen LogP contribution is -2.34. The van der Waals surface area contributed by atoms with Crippen molar-refractivity contribution in [3.8, 4) is 6.07 Å². The molecule has 1 aromatic carbocycles. The van der Waals surface area contributed by atoms with Crippen LogP contribution in [0.1, 0.15) is 30.1 Å². The van der Waals surface area contributed by atoms with E-state index < -0.39 is 0 Å². The smallest absolute Gasteiger partial charge is 0.251 e. The normalized spacial score (nSPS) is 11.6. The molecular formula is C12H12Cl2N2O. The van der Waals surface area contributed by atoms with E-state index in [4.69, 9.17) is 28.5 Å². The Kier molecular flexibility index (Phi) is 5.27. The van der Waals surface area contributed by atoms with Crippen molar-refractivity contribution < 1.29 is 4.79 Å². The van der Waals surface area contributed by atoms with Crippen molar-refractivity contribution in [2.24, 2.45) is 0 Å².